The maximum Gasteiger partial charge on any atom is 0.217 e. The van der Waals surface area contributed by atoms with Gasteiger partial charge in [-0.3, -0.25) is 4.79 Å². The summed E-state index contributed by atoms with van der Waals surface area (Å²) in [6.45, 7) is 10.7. The van der Waals surface area contributed by atoms with Crippen molar-refractivity contribution in [3.05, 3.63) is 0 Å². The topological polar surface area (TPSA) is 50.7 Å². The average molecular weight is 240 g/mol. The molecule has 1 N–H and O–H groups in total. The Kier molecular flexibility index (Phi) is 4.97. The van der Waals surface area contributed by atoms with Crippen molar-refractivity contribution < 1.29 is 9.53 Å². The predicted octanol–water partition coefficient (Wildman–Crippen LogP) is 1.99. The number of carbonyl (C=O) groups excluding carboxylic acids is 1. The minimum Gasteiger partial charge on any atom is -0.477 e. The second-order valence-corrected chi connectivity index (χ2v) is 5.15. The summed E-state index contributed by atoms with van der Waals surface area (Å²) in [7, 11) is 0. The molecule has 0 spiro atoms. The largest absolute Gasteiger partial charge is 0.477 e. The van der Waals surface area contributed by atoms with Gasteiger partial charge in [-0.2, -0.15) is 0 Å². The molecule has 0 aliphatic carbocycles. The Morgan fingerprint density at radius 3 is 2.59 bits per heavy atom. The van der Waals surface area contributed by atoms with E-state index < -0.39 is 0 Å². The van der Waals surface area contributed by atoms with Gasteiger partial charge in [0.05, 0.1) is 6.04 Å². The highest BCUT2D eigenvalue weighted by Crippen LogP contribution is 2.19. The maximum absolute atomic E-state index is 11.2. The molecule has 0 saturated carbocycles. The van der Waals surface area contributed by atoms with Crippen molar-refractivity contribution >= 4 is 11.8 Å². The molecule has 1 heterocycles. The summed E-state index contributed by atoms with van der Waals surface area (Å²) >= 11 is 0. The van der Waals surface area contributed by atoms with E-state index in [0.717, 1.165) is 6.42 Å². The lowest BCUT2D eigenvalue weighted by molar-refractivity contribution is -0.119. The van der Waals surface area contributed by atoms with Gasteiger partial charge >= 0.3 is 0 Å². The smallest absolute Gasteiger partial charge is 0.217 e. The summed E-state index contributed by atoms with van der Waals surface area (Å²) in [6, 6.07) is 0.145. The molecule has 98 valence electrons. The molecule has 4 nitrogen and oxygen atoms in total. The van der Waals surface area contributed by atoms with Gasteiger partial charge in [-0.1, -0.05) is 34.1 Å². The van der Waals surface area contributed by atoms with Gasteiger partial charge in [0.2, 0.25) is 11.8 Å². The quantitative estimate of drug-likeness (QED) is 0.799. The van der Waals surface area contributed by atoms with Gasteiger partial charge in [-0.25, -0.2) is 4.99 Å². The van der Waals surface area contributed by atoms with E-state index in [0.29, 0.717) is 24.3 Å². The Balaban J connectivity index is 2.77. The highest BCUT2D eigenvalue weighted by atomic mass is 16.5. The third-order valence-electron chi connectivity index (χ3n) is 3.30. The van der Waals surface area contributed by atoms with Crippen LogP contribution in [-0.4, -0.2) is 30.5 Å². The van der Waals surface area contributed by atoms with Gasteiger partial charge in [0.1, 0.15) is 12.6 Å². The maximum atomic E-state index is 11.2. The van der Waals surface area contributed by atoms with Crippen LogP contribution in [0.1, 0.15) is 41.0 Å². The van der Waals surface area contributed by atoms with Gasteiger partial charge in [-0.15, -0.1) is 0 Å². The standard InChI is InChI=1S/C13H24N2O2/c1-6-9(4)12(14-10(5)16)13-15-11(7-17-13)8(2)3/h8-9,11-12H,6-7H2,1-5H3,(H,14,16)/t9-,11+,12+/m1/s1. The summed E-state index contributed by atoms with van der Waals surface area (Å²) < 4.78 is 5.65. The Morgan fingerprint density at radius 2 is 2.18 bits per heavy atom. The second-order valence-electron chi connectivity index (χ2n) is 5.15. The van der Waals surface area contributed by atoms with E-state index in [1.807, 2.05) is 0 Å². The van der Waals surface area contributed by atoms with Gasteiger partial charge in [0, 0.05) is 6.92 Å². The van der Waals surface area contributed by atoms with Crippen molar-refractivity contribution in [1.82, 2.24) is 5.32 Å². The fourth-order valence-corrected chi connectivity index (χ4v) is 1.82. The number of nitrogens with zero attached hydrogens (tertiary/aromatic N) is 1. The second kappa shape index (κ2) is 6.03. The Bertz CT molecular complexity index is 300. The first-order chi connectivity index (χ1) is 7.95. The molecule has 0 fully saturated rings. The number of rotatable bonds is 5. The monoisotopic (exact) mass is 240 g/mol. The molecule has 0 aromatic rings. The van der Waals surface area contributed by atoms with Crippen LogP contribution in [0.25, 0.3) is 0 Å². The molecule has 4 heteroatoms. The first-order valence-electron chi connectivity index (χ1n) is 6.43. The fourth-order valence-electron chi connectivity index (χ4n) is 1.82. The van der Waals surface area contributed by atoms with Crippen molar-refractivity contribution in [2.24, 2.45) is 16.8 Å². The lowest BCUT2D eigenvalue weighted by Gasteiger charge is -2.22. The van der Waals surface area contributed by atoms with Crippen molar-refractivity contribution in [3.63, 3.8) is 0 Å². The van der Waals surface area contributed by atoms with Crippen LogP contribution < -0.4 is 5.32 Å². The van der Waals surface area contributed by atoms with E-state index in [4.69, 9.17) is 4.74 Å². The van der Waals surface area contributed by atoms with Crippen LogP contribution in [0.4, 0.5) is 0 Å². The molecule has 1 aliphatic heterocycles. The summed E-state index contributed by atoms with van der Waals surface area (Å²) in [5, 5.41) is 2.94. The number of aliphatic imine (C=N–C) groups is 1. The zero-order chi connectivity index (χ0) is 13.0. The Labute approximate surface area is 104 Å². The van der Waals surface area contributed by atoms with Crippen molar-refractivity contribution in [1.29, 1.82) is 0 Å². The first-order valence-corrected chi connectivity index (χ1v) is 6.43. The van der Waals surface area contributed by atoms with Crippen LogP contribution in [0.2, 0.25) is 0 Å². The van der Waals surface area contributed by atoms with Gasteiger partial charge in [0.25, 0.3) is 0 Å². The van der Waals surface area contributed by atoms with Crippen LogP contribution >= 0.6 is 0 Å². The minimum absolute atomic E-state index is 0.0328. The number of ether oxygens (including phenoxy) is 1. The first kappa shape index (κ1) is 14.0. The third-order valence-corrected chi connectivity index (χ3v) is 3.30. The van der Waals surface area contributed by atoms with E-state index >= 15 is 0 Å². The van der Waals surface area contributed by atoms with E-state index in [1.165, 1.54) is 6.92 Å². The molecular formula is C13H24N2O2. The average Bonchev–Trinajstić information content (AvgIpc) is 2.73. The van der Waals surface area contributed by atoms with E-state index in [-0.39, 0.29) is 18.0 Å². The lowest BCUT2D eigenvalue weighted by Crippen LogP contribution is -2.44. The molecule has 0 radical (unpaired) electrons. The van der Waals surface area contributed by atoms with Gasteiger partial charge in [-0.05, 0) is 11.8 Å². The predicted molar refractivity (Wildman–Crippen MR) is 69.1 cm³/mol. The van der Waals surface area contributed by atoms with Crippen LogP contribution in [-0.2, 0) is 9.53 Å². The summed E-state index contributed by atoms with van der Waals surface area (Å²) in [5.74, 6) is 1.48. The highest BCUT2D eigenvalue weighted by molar-refractivity contribution is 5.88. The molecule has 0 unspecified atom stereocenters. The minimum atomic E-state index is -0.0822. The Hall–Kier alpha value is -1.06. The zero-order valence-corrected chi connectivity index (χ0v) is 11.5. The summed E-state index contributed by atoms with van der Waals surface area (Å²) in [4.78, 5) is 15.8. The van der Waals surface area contributed by atoms with Gasteiger partial charge in [0.15, 0.2) is 0 Å². The van der Waals surface area contributed by atoms with Crippen molar-refractivity contribution in [2.45, 2.75) is 53.1 Å². The molecule has 0 bridgehead atoms. The molecular weight excluding hydrogens is 216 g/mol. The number of nitrogens with one attached hydrogen (secondary N) is 1. The van der Waals surface area contributed by atoms with Crippen LogP contribution in [0.15, 0.2) is 4.99 Å². The van der Waals surface area contributed by atoms with Crippen LogP contribution in [0, 0.1) is 11.8 Å². The van der Waals surface area contributed by atoms with Crippen molar-refractivity contribution in [2.75, 3.05) is 6.61 Å². The number of hydrogen-bond acceptors (Lipinski definition) is 3. The number of amides is 1. The molecule has 1 rings (SSSR count). The van der Waals surface area contributed by atoms with E-state index in [1.54, 1.807) is 0 Å². The number of hydrogen-bond donors (Lipinski definition) is 1. The van der Waals surface area contributed by atoms with E-state index in [2.05, 4.69) is 38.0 Å². The van der Waals surface area contributed by atoms with Gasteiger partial charge < -0.3 is 10.1 Å². The zero-order valence-electron chi connectivity index (χ0n) is 11.5. The molecule has 3 atom stereocenters. The SMILES string of the molecule is CC[C@@H](C)[C@H](NC(C)=O)C1=N[C@H](C(C)C)CO1. The lowest BCUT2D eigenvalue weighted by atomic mass is 9.99. The Morgan fingerprint density at radius 1 is 1.53 bits per heavy atom. The molecule has 17 heavy (non-hydrogen) atoms. The number of carbonyl (C=O) groups is 1. The van der Waals surface area contributed by atoms with Crippen molar-refractivity contribution in [3.8, 4) is 0 Å². The molecule has 0 aromatic heterocycles. The summed E-state index contributed by atoms with van der Waals surface area (Å²) in [6.07, 6.45) is 0.986. The fraction of sp³-hybridized carbons (Fsp3) is 0.846. The summed E-state index contributed by atoms with van der Waals surface area (Å²) in [5.41, 5.74) is 0. The highest BCUT2D eigenvalue weighted by Gasteiger charge is 2.30. The molecule has 0 saturated heterocycles. The molecule has 1 aliphatic rings. The van der Waals surface area contributed by atoms with Crippen LogP contribution in [0.3, 0.4) is 0 Å². The third kappa shape index (κ3) is 3.72. The van der Waals surface area contributed by atoms with E-state index in [9.17, 15) is 4.79 Å². The molecule has 0 aromatic carbocycles. The normalized spacial score (nSPS) is 22.9. The van der Waals surface area contributed by atoms with Crippen LogP contribution in [0.5, 0.6) is 0 Å². The molecule has 1 amide bonds.